The first-order valence-corrected chi connectivity index (χ1v) is 7.03. The largest absolute Gasteiger partial charge is 0.352 e. The minimum atomic E-state index is -0.514. The second-order valence-corrected chi connectivity index (χ2v) is 5.45. The molecule has 2 unspecified atom stereocenters. The summed E-state index contributed by atoms with van der Waals surface area (Å²) in [6.45, 7) is 5.98. The van der Waals surface area contributed by atoms with Gasteiger partial charge in [0.25, 0.3) is 0 Å². The molecule has 3 atom stereocenters. The molecule has 1 heterocycles. The summed E-state index contributed by atoms with van der Waals surface area (Å²) in [6, 6.07) is -0.937. The number of nitrogens with one attached hydrogen (secondary N) is 1. The lowest BCUT2D eigenvalue weighted by molar-refractivity contribution is -0.135. The summed E-state index contributed by atoms with van der Waals surface area (Å²) in [5.41, 5.74) is 11.0. The Morgan fingerprint density at radius 3 is 2.74 bits per heavy atom. The minimum Gasteiger partial charge on any atom is -0.352 e. The maximum Gasteiger partial charge on any atom is 0.312 e. The lowest BCUT2D eigenvalue weighted by atomic mass is 9.94. The van der Waals surface area contributed by atoms with Crippen molar-refractivity contribution < 1.29 is 9.59 Å². The topological polar surface area (TPSA) is 101 Å². The van der Waals surface area contributed by atoms with Gasteiger partial charge in [0.1, 0.15) is 0 Å². The minimum absolute atomic E-state index is 0.0260. The lowest BCUT2D eigenvalue weighted by Crippen LogP contribution is -2.51. The van der Waals surface area contributed by atoms with Gasteiger partial charge in [0.2, 0.25) is 5.91 Å². The molecule has 1 aliphatic heterocycles. The standard InChI is InChI=1S/C13H26N4O2/c1-3-9(2)11(14)12(18)17-6-4-5-10(8-17)7-16-13(15)19/h9-11H,3-8,14H2,1-2H3,(H3,15,16,19)/t9?,10?,11-/m0/s1. The first kappa shape index (κ1) is 15.8. The number of likely N-dealkylation sites (tertiary alicyclic amines) is 1. The van der Waals surface area contributed by atoms with E-state index in [1.54, 1.807) is 0 Å². The number of nitrogens with two attached hydrogens (primary N) is 2. The maximum absolute atomic E-state index is 12.3. The lowest BCUT2D eigenvalue weighted by Gasteiger charge is -2.35. The second-order valence-electron chi connectivity index (χ2n) is 5.45. The van der Waals surface area contributed by atoms with E-state index >= 15 is 0 Å². The van der Waals surface area contributed by atoms with Gasteiger partial charge in [-0.15, -0.1) is 0 Å². The van der Waals surface area contributed by atoms with Crippen molar-refractivity contribution >= 4 is 11.9 Å². The highest BCUT2D eigenvalue weighted by Crippen LogP contribution is 2.18. The van der Waals surface area contributed by atoms with Gasteiger partial charge in [0.15, 0.2) is 0 Å². The van der Waals surface area contributed by atoms with Gasteiger partial charge in [0.05, 0.1) is 6.04 Å². The molecular formula is C13H26N4O2. The van der Waals surface area contributed by atoms with Gasteiger partial charge in [-0.25, -0.2) is 4.79 Å². The molecule has 6 heteroatoms. The predicted molar refractivity (Wildman–Crippen MR) is 74.3 cm³/mol. The summed E-state index contributed by atoms with van der Waals surface area (Å²) in [7, 11) is 0. The molecule has 0 aromatic carbocycles. The highest BCUT2D eigenvalue weighted by Gasteiger charge is 2.29. The van der Waals surface area contributed by atoms with Gasteiger partial charge >= 0.3 is 6.03 Å². The fourth-order valence-corrected chi connectivity index (χ4v) is 2.38. The van der Waals surface area contributed by atoms with Crippen molar-refractivity contribution in [3.05, 3.63) is 0 Å². The fraction of sp³-hybridized carbons (Fsp3) is 0.846. The van der Waals surface area contributed by atoms with Gasteiger partial charge in [-0.2, -0.15) is 0 Å². The van der Waals surface area contributed by atoms with Crippen LogP contribution in [0.2, 0.25) is 0 Å². The molecule has 0 spiro atoms. The fourth-order valence-electron chi connectivity index (χ4n) is 2.38. The Bertz CT molecular complexity index is 322. The number of hydrogen-bond acceptors (Lipinski definition) is 3. The second kappa shape index (κ2) is 7.33. The van der Waals surface area contributed by atoms with Gasteiger partial charge in [-0.1, -0.05) is 20.3 Å². The van der Waals surface area contributed by atoms with Crippen LogP contribution in [0.15, 0.2) is 0 Å². The molecule has 6 nitrogen and oxygen atoms in total. The van der Waals surface area contributed by atoms with E-state index < -0.39 is 12.1 Å². The Morgan fingerprint density at radius 1 is 1.47 bits per heavy atom. The Hall–Kier alpha value is -1.30. The van der Waals surface area contributed by atoms with Crippen molar-refractivity contribution in [2.75, 3.05) is 19.6 Å². The molecule has 1 saturated heterocycles. The molecule has 19 heavy (non-hydrogen) atoms. The summed E-state index contributed by atoms with van der Waals surface area (Å²) in [5.74, 6) is 0.490. The van der Waals surface area contributed by atoms with Crippen molar-refractivity contribution in [1.82, 2.24) is 10.2 Å². The molecule has 3 amide bonds. The van der Waals surface area contributed by atoms with Gasteiger partial charge in [-0.05, 0) is 24.7 Å². The summed E-state index contributed by atoms with van der Waals surface area (Å²) in [6.07, 6.45) is 2.85. The van der Waals surface area contributed by atoms with Crippen molar-refractivity contribution in [2.24, 2.45) is 23.3 Å². The number of rotatable bonds is 5. The molecule has 0 aromatic rings. The number of primary amides is 1. The zero-order chi connectivity index (χ0) is 14.4. The SMILES string of the molecule is CCC(C)[C@H](N)C(=O)N1CCCC(CNC(N)=O)C1. The number of hydrogen-bond donors (Lipinski definition) is 3. The first-order valence-electron chi connectivity index (χ1n) is 7.03. The van der Waals surface area contributed by atoms with E-state index in [0.29, 0.717) is 13.1 Å². The molecule has 1 rings (SSSR count). The van der Waals surface area contributed by atoms with Crippen molar-refractivity contribution in [3.63, 3.8) is 0 Å². The third-order valence-corrected chi connectivity index (χ3v) is 3.94. The number of carbonyl (C=O) groups excluding carboxylic acids is 2. The van der Waals surface area contributed by atoms with Crippen LogP contribution in [0.3, 0.4) is 0 Å². The molecule has 110 valence electrons. The summed E-state index contributed by atoms with van der Waals surface area (Å²) in [5, 5.41) is 2.61. The number of carbonyl (C=O) groups is 2. The van der Waals surface area contributed by atoms with Gasteiger partial charge < -0.3 is 21.7 Å². The van der Waals surface area contributed by atoms with E-state index in [9.17, 15) is 9.59 Å². The predicted octanol–water partition coefficient (Wildman–Crippen LogP) is 0.267. The summed E-state index contributed by atoms with van der Waals surface area (Å²) < 4.78 is 0. The van der Waals surface area contributed by atoms with Crippen LogP contribution in [0, 0.1) is 11.8 Å². The first-order chi connectivity index (χ1) is 8.95. The highest BCUT2D eigenvalue weighted by molar-refractivity contribution is 5.82. The molecule has 5 N–H and O–H groups in total. The van der Waals surface area contributed by atoms with E-state index in [4.69, 9.17) is 11.5 Å². The van der Waals surface area contributed by atoms with E-state index in [1.165, 1.54) is 0 Å². The van der Waals surface area contributed by atoms with E-state index in [-0.39, 0.29) is 17.7 Å². The zero-order valence-corrected chi connectivity index (χ0v) is 11.9. The molecule has 0 aromatic heterocycles. The van der Waals surface area contributed by atoms with Crippen LogP contribution >= 0.6 is 0 Å². The average Bonchev–Trinajstić information content (AvgIpc) is 2.42. The van der Waals surface area contributed by atoms with E-state index in [2.05, 4.69) is 5.32 Å². The van der Waals surface area contributed by atoms with Crippen LogP contribution < -0.4 is 16.8 Å². The zero-order valence-electron chi connectivity index (χ0n) is 11.9. The third-order valence-electron chi connectivity index (χ3n) is 3.94. The molecule has 0 bridgehead atoms. The smallest absolute Gasteiger partial charge is 0.312 e. The molecule has 0 saturated carbocycles. The Kier molecular flexibility index (Phi) is 6.08. The van der Waals surface area contributed by atoms with Gasteiger partial charge in [0, 0.05) is 19.6 Å². The monoisotopic (exact) mass is 270 g/mol. The van der Waals surface area contributed by atoms with Crippen LogP contribution in [0.5, 0.6) is 0 Å². The Labute approximate surface area is 114 Å². The average molecular weight is 270 g/mol. The molecule has 0 radical (unpaired) electrons. The van der Waals surface area contributed by atoms with E-state index in [1.807, 2.05) is 18.7 Å². The highest BCUT2D eigenvalue weighted by atomic mass is 16.2. The normalized spacial score (nSPS) is 22.7. The maximum atomic E-state index is 12.3. The van der Waals surface area contributed by atoms with Crippen LogP contribution in [0.25, 0.3) is 0 Å². The molecule has 0 aliphatic carbocycles. The van der Waals surface area contributed by atoms with E-state index in [0.717, 1.165) is 25.8 Å². The number of piperidine rings is 1. The van der Waals surface area contributed by atoms with Crippen molar-refractivity contribution in [1.29, 1.82) is 0 Å². The molecule has 1 aliphatic rings. The quantitative estimate of drug-likeness (QED) is 0.668. The number of urea groups is 1. The molecule has 1 fully saturated rings. The number of nitrogens with zero attached hydrogens (tertiary/aromatic N) is 1. The Balaban J connectivity index is 2.49. The van der Waals surface area contributed by atoms with Crippen molar-refractivity contribution in [3.8, 4) is 0 Å². The third kappa shape index (κ3) is 4.70. The van der Waals surface area contributed by atoms with Gasteiger partial charge in [-0.3, -0.25) is 4.79 Å². The number of amides is 3. The van der Waals surface area contributed by atoms with Crippen LogP contribution in [-0.4, -0.2) is 42.5 Å². The van der Waals surface area contributed by atoms with Crippen LogP contribution in [0.4, 0.5) is 4.79 Å². The molecular weight excluding hydrogens is 244 g/mol. The summed E-state index contributed by atoms with van der Waals surface area (Å²) in [4.78, 5) is 24.8. The Morgan fingerprint density at radius 2 is 2.16 bits per heavy atom. The van der Waals surface area contributed by atoms with Crippen molar-refractivity contribution in [2.45, 2.75) is 39.2 Å². The summed E-state index contributed by atoms with van der Waals surface area (Å²) >= 11 is 0. The van der Waals surface area contributed by atoms with Crippen LogP contribution in [-0.2, 0) is 4.79 Å². The van der Waals surface area contributed by atoms with Crippen LogP contribution in [0.1, 0.15) is 33.1 Å².